The van der Waals surface area contributed by atoms with E-state index in [0.29, 0.717) is 12.8 Å². The Morgan fingerprint density at radius 2 is 2.00 bits per heavy atom. The molecule has 0 aliphatic heterocycles. The topological polar surface area (TPSA) is 103 Å². The predicted octanol–water partition coefficient (Wildman–Crippen LogP) is 2.58. The molecule has 6 nitrogen and oxygen atoms in total. The first-order chi connectivity index (χ1) is 11.9. The fraction of sp³-hybridized carbons (Fsp3) is 0.235. The van der Waals surface area contributed by atoms with Gasteiger partial charge in [-0.15, -0.1) is 0 Å². The summed E-state index contributed by atoms with van der Waals surface area (Å²) >= 11 is 0. The van der Waals surface area contributed by atoms with E-state index in [4.69, 9.17) is 10.00 Å². The van der Waals surface area contributed by atoms with E-state index < -0.39 is 34.8 Å². The third-order valence-electron chi connectivity index (χ3n) is 3.42. The summed E-state index contributed by atoms with van der Waals surface area (Å²) in [6, 6.07) is 5.58. The third kappa shape index (κ3) is 4.08. The zero-order valence-electron chi connectivity index (χ0n) is 13.2. The summed E-state index contributed by atoms with van der Waals surface area (Å²) in [6.45, 7) is 1.81. The zero-order chi connectivity index (χ0) is 18.6. The van der Waals surface area contributed by atoms with Gasteiger partial charge in [0.05, 0.1) is 6.10 Å². The lowest BCUT2D eigenvalue weighted by atomic mass is 10.0. The smallest absolute Gasteiger partial charge is 0.350 e. The highest BCUT2D eigenvalue weighted by Crippen LogP contribution is 2.24. The van der Waals surface area contributed by atoms with Crippen molar-refractivity contribution in [2.24, 2.45) is 0 Å². The number of ether oxygens (including phenoxy) is 1. The number of carbonyl (C=O) groups excluding carboxylic acids is 1. The van der Waals surface area contributed by atoms with Crippen molar-refractivity contribution in [3.8, 4) is 11.9 Å². The van der Waals surface area contributed by atoms with Crippen LogP contribution in [0.2, 0.25) is 0 Å². The SMILES string of the molecule is CCCC(O)c1cc(F)c(C(=O)Oc2ccc(C#N)c(=O)[nH]2)c(F)c1. The zero-order valence-corrected chi connectivity index (χ0v) is 13.2. The van der Waals surface area contributed by atoms with Gasteiger partial charge < -0.3 is 9.84 Å². The minimum absolute atomic E-state index is 0.0141. The number of hydrogen-bond acceptors (Lipinski definition) is 5. The van der Waals surface area contributed by atoms with Crippen LogP contribution in [0.5, 0.6) is 5.88 Å². The lowest BCUT2D eigenvalue weighted by Gasteiger charge is -2.12. The molecule has 0 spiro atoms. The van der Waals surface area contributed by atoms with Gasteiger partial charge in [-0.05, 0) is 30.2 Å². The normalized spacial score (nSPS) is 11.6. The maximum atomic E-state index is 14.1. The van der Waals surface area contributed by atoms with Crippen LogP contribution in [0.4, 0.5) is 8.78 Å². The molecule has 8 heteroatoms. The third-order valence-corrected chi connectivity index (χ3v) is 3.42. The number of rotatable bonds is 5. The molecule has 0 radical (unpaired) electrons. The number of carbonyl (C=O) groups is 1. The van der Waals surface area contributed by atoms with Gasteiger partial charge in [-0.25, -0.2) is 13.6 Å². The van der Waals surface area contributed by atoms with Gasteiger partial charge in [-0.3, -0.25) is 9.78 Å². The van der Waals surface area contributed by atoms with E-state index in [1.165, 1.54) is 0 Å². The van der Waals surface area contributed by atoms with Crippen LogP contribution in [0.1, 0.15) is 47.4 Å². The number of nitrogens with one attached hydrogen (secondary N) is 1. The minimum Gasteiger partial charge on any atom is -0.406 e. The molecule has 1 aromatic heterocycles. The summed E-state index contributed by atoms with van der Waals surface area (Å²) in [5.74, 6) is -4.09. The maximum Gasteiger partial charge on any atom is 0.350 e. The Balaban J connectivity index is 2.29. The van der Waals surface area contributed by atoms with Gasteiger partial charge in [0.25, 0.3) is 5.56 Å². The lowest BCUT2D eigenvalue weighted by molar-refractivity contribution is 0.0716. The van der Waals surface area contributed by atoms with Crippen molar-refractivity contribution in [2.75, 3.05) is 0 Å². The number of benzene rings is 1. The highest BCUT2D eigenvalue weighted by atomic mass is 19.1. The van der Waals surface area contributed by atoms with Gasteiger partial charge in [0, 0.05) is 6.07 Å². The molecule has 1 unspecified atom stereocenters. The monoisotopic (exact) mass is 348 g/mol. The van der Waals surface area contributed by atoms with Crippen LogP contribution < -0.4 is 10.3 Å². The van der Waals surface area contributed by atoms with E-state index in [-0.39, 0.29) is 17.0 Å². The van der Waals surface area contributed by atoms with Crippen LogP contribution in [0.25, 0.3) is 0 Å². The second-order valence-corrected chi connectivity index (χ2v) is 5.23. The van der Waals surface area contributed by atoms with Crippen molar-refractivity contribution in [1.29, 1.82) is 5.26 Å². The van der Waals surface area contributed by atoms with Gasteiger partial charge in [0.2, 0.25) is 5.88 Å². The van der Waals surface area contributed by atoms with Crippen LogP contribution in [-0.2, 0) is 0 Å². The average Bonchev–Trinajstić information content (AvgIpc) is 2.54. The van der Waals surface area contributed by atoms with Gasteiger partial charge in [-0.2, -0.15) is 5.26 Å². The second kappa shape index (κ2) is 7.68. The summed E-state index contributed by atoms with van der Waals surface area (Å²) in [4.78, 5) is 25.5. The minimum atomic E-state index is -1.35. The van der Waals surface area contributed by atoms with Gasteiger partial charge in [0.1, 0.15) is 28.8 Å². The largest absolute Gasteiger partial charge is 0.406 e. The van der Waals surface area contributed by atoms with E-state index in [9.17, 15) is 23.5 Å². The molecule has 2 N–H and O–H groups in total. The van der Waals surface area contributed by atoms with E-state index in [0.717, 1.165) is 24.3 Å². The van der Waals surface area contributed by atoms with Crippen molar-refractivity contribution in [3.05, 3.63) is 62.9 Å². The summed E-state index contributed by atoms with van der Waals surface area (Å²) < 4.78 is 32.9. The molecule has 1 heterocycles. The van der Waals surface area contributed by atoms with Crippen LogP contribution in [0.3, 0.4) is 0 Å². The molecule has 0 amide bonds. The van der Waals surface area contributed by atoms with Crippen LogP contribution >= 0.6 is 0 Å². The average molecular weight is 348 g/mol. The van der Waals surface area contributed by atoms with Crippen molar-refractivity contribution in [1.82, 2.24) is 4.98 Å². The number of aromatic amines is 1. The van der Waals surface area contributed by atoms with Crippen molar-refractivity contribution in [3.63, 3.8) is 0 Å². The first kappa shape index (κ1) is 18.3. The molecule has 1 aromatic carbocycles. The molecule has 130 valence electrons. The molecule has 0 aliphatic rings. The predicted molar refractivity (Wildman–Crippen MR) is 83.0 cm³/mol. The van der Waals surface area contributed by atoms with Crippen molar-refractivity contribution >= 4 is 5.97 Å². The molecular weight excluding hydrogens is 334 g/mol. The van der Waals surface area contributed by atoms with Gasteiger partial charge in [-0.1, -0.05) is 13.3 Å². The maximum absolute atomic E-state index is 14.1. The van der Waals surface area contributed by atoms with E-state index in [1.807, 2.05) is 0 Å². The summed E-state index contributed by atoms with van der Waals surface area (Å²) in [7, 11) is 0. The Hall–Kier alpha value is -3.05. The first-order valence-electron chi connectivity index (χ1n) is 7.40. The number of aliphatic hydroxyl groups excluding tert-OH is 1. The number of halogens is 2. The fourth-order valence-corrected chi connectivity index (χ4v) is 2.17. The van der Waals surface area contributed by atoms with E-state index in [1.54, 1.807) is 13.0 Å². The molecule has 0 saturated heterocycles. The number of aliphatic hydroxyl groups is 1. The Morgan fingerprint density at radius 3 is 2.52 bits per heavy atom. The molecule has 0 fully saturated rings. The van der Waals surface area contributed by atoms with E-state index >= 15 is 0 Å². The van der Waals surface area contributed by atoms with Crippen LogP contribution in [-0.4, -0.2) is 16.1 Å². The molecule has 2 aromatic rings. The number of hydrogen-bond donors (Lipinski definition) is 2. The molecule has 2 rings (SSSR count). The fourth-order valence-electron chi connectivity index (χ4n) is 2.17. The number of pyridine rings is 1. The summed E-state index contributed by atoms with van der Waals surface area (Å²) in [5.41, 5.74) is -1.93. The van der Waals surface area contributed by atoms with E-state index in [2.05, 4.69) is 4.98 Å². The van der Waals surface area contributed by atoms with Gasteiger partial charge >= 0.3 is 5.97 Å². The number of nitrogens with zero attached hydrogens (tertiary/aromatic N) is 1. The van der Waals surface area contributed by atoms with Crippen molar-refractivity contribution in [2.45, 2.75) is 25.9 Å². The Bertz CT molecular complexity index is 879. The van der Waals surface area contributed by atoms with Crippen molar-refractivity contribution < 1.29 is 23.4 Å². The number of esters is 1. The highest BCUT2D eigenvalue weighted by molar-refractivity contribution is 5.91. The molecule has 0 bridgehead atoms. The second-order valence-electron chi connectivity index (χ2n) is 5.23. The molecular formula is C17H14F2N2O4. The number of H-pyrrole nitrogens is 1. The first-order valence-corrected chi connectivity index (χ1v) is 7.40. The quantitative estimate of drug-likeness (QED) is 0.809. The highest BCUT2D eigenvalue weighted by Gasteiger charge is 2.23. The molecule has 25 heavy (non-hydrogen) atoms. The Morgan fingerprint density at radius 1 is 1.36 bits per heavy atom. The Kier molecular flexibility index (Phi) is 5.62. The van der Waals surface area contributed by atoms with Crippen LogP contribution in [0, 0.1) is 23.0 Å². The molecule has 0 aliphatic carbocycles. The number of nitriles is 1. The standard InChI is InChI=1S/C17H14F2N2O4/c1-2-3-13(22)10-6-11(18)15(12(19)7-10)17(24)25-14-5-4-9(8-20)16(23)21-14/h4-7,13,22H,2-3H2,1H3,(H,21,23). The molecule has 0 saturated carbocycles. The lowest BCUT2D eigenvalue weighted by Crippen LogP contribution is -2.18. The van der Waals surface area contributed by atoms with Crippen LogP contribution in [0.15, 0.2) is 29.1 Å². The Labute approximate surface area is 141 Å². The number of aromatic nitrogens is 1. The summed E-state index contributed by atoms with van der Waals surface area (Å²) in [5, 5.41) is 18.5. The summed E-state index contributed by atoms with van der Waals surface area (Å²) in [6.07, 6.45) is -0.121. The molecule has 1 atom stereocenters. The van der Waals surface area contributed by atoms with Gasteiger partial charge in [0.15, 0.2) is 0 Å².